The number of thioether (sulfide) groups is 1. The average Bonchev–Trinajstić information content (AvgIpc) is 3.07. The van der Waals surface area contributed by atoms with E-state index in [0.29, 0.717) is 29.1 Å². The molecule has 6 heteroatoms. The molecular weight excluding hydrogens is 360 g/mol. The van der Waals surface area contributed by atoms with Crippen molar-refractivity contribution in [1.29, 1.82) is 0 Å². The Kier molecular flexibility index (Phi) is 4.74. The monoisotopic (exact) mass is 380 g/mol. The standard InChI is InChI=1S/C21H20N2O3S/c1-13(2)14-7-4-6-10-17(14)23-19(24)15-8-3-5-9-16(15)22-21(23)27-18-11-12-26-20(18)25/h3-10,13,18H,11-12H2,1-2H3/t18-/m0/s1. The van der Waals surface area contributed by atoms with Gasteiger partial charge in [-0.25, -0.2) is 4.98 Å². The molecular formula is C21H20N2O3S. The quantitative estimate of drug-likeness (QED) is 0.507. The van der Waals surface area contributed by atoms with E-state index in [-0.39, 0.29) is 22.7 Å². The maximum Gasteiger partial charge on any atom is 0.319 e. The van der Waals surface area contributed by atoms with Crippen LogP contribution in [0.3, 0.4) is 0 Å². The Morgan fingerprint density at radius 1 is 1.11 bits per heavy atom. The van der Waals surface area contributed by atoms with Crippen LogP contribution in [0.4, 0.5) is 0 Å². The van der Waals surface area contributed by atoms with Gasteiger partial charge in [0.05, 0.1) is 23.2 Å². The number of benzene rings is 2. The number of hydrogen-bond donors (Lipinski definition) is 0. The van der Waals surface area contributed by atoms with Gasteiger partial charge in [0, 0.05) is 6.42 Å². The lowest BCUT2D eigenvalue weighted by atomic mass is 10.0. The summed E-state index contributed by atoms with van der Waals surface area (Å²) in [6.07, 6.45) is 0.623. The van der Waals surface area contributed by atoms with Gasteiger partial charge in [-0.1, -0.05) is 55.9 Å². The number of aromatic nitrogens is 2. The highest BCUT2D eigenvalue weighted by molar-refractivity contribution is 8.00. The first-order valence-electron chi connectivity index (χ1n) is 9.00. The van der Waals surface area contributed by atoms with E-state index in [9.17, 15) is 9.59 Å². The van der Waals surface area contributed by atoms with E-state index in [0.717, 1.165) is 11.3 Å². The SMILES string of the molecule is CC(C)c1ccccc1-n1c(S[C@H]2CCOC2=O)nc2ccccc2c1=O. The first kappa shape index (κ1) is 17.8. The van der Waals surface area contributed by atoms with Gasteiger partial charge in [-0.2, -0.15) is 0 Å². The minimum absolute atomic E-state index is 0.123. The highest BCUT2D eigenvalue weighted by Gasteiger charge is 2.30. The van der Waals surface area contributed by atoms with E-state index in [2.05, 4.69) is 13.8 Å². The van der Waals surface area contributed by atoms with Gasteiger partial charge in [0.25, 0.3) is 5.56 Å². The summed E-state index contributed by atoms with van der Waals surface area (Å²) < 4.78 is 6.73. The molecule has 1 aliphatic rings. The van der Waals surface area contributed by atoms with E-state index < -0.39 is 0 Å². The fraction of sp³-hybridized carbons (Fsp3) is 0.286. The molecule has 0 unspecified atom stereocenters. The van der Waals surface area contributed by atoms with Crippen molar-refractivity contribution in [2.75, 3.05) is 6.61 Å². The highest BCUT2D eigenvalue weighted by Crippen LogP contribution is 2.32. The third kappa shape index (κ3) is 3.25. The van der Waals surface area contributed by atoms with E-state index in [4.69, 9.17) is 9.72 Å². The average molecular weight is 380 g/mol. The van der Waals surface area contributed by atoms with Gasteiger partial charge >= 0.3 is 5.97 Å². The minimum Gasteiger partial charge on any atom is -0.465 e. The largest absolute Gasteiger partial charge is 0.465 e. The molecule has 2 heterocycles. The molecule has 0 spiro atoms. The lowest BCUT2D eigenvalue weighted by molar-refractivity contribution is -0.137. The predicted molar refractivity (Wildman–Crippen MR) is 107 cm³/mol. The molecule has 138 valence electrons. The van der Waals surface area contributed by atoms with Crippen LogP contribution in [-0.2, 0) is 9.53 Å². The van der Waals surface area contributed by atoms with Crippen LogP contribution in [0.15, 0.2) is 58.5 Å². The first-order valence-corrected chi connectivity index (χ1v) is 9.88. The van der Waals surface area contributed by atoms with Crippen molar-refractivity contribution in [3.8, 4) is 5.69 Å². The van der Waals surface area contributed by atoms with Crippen molar-refractivity contribution in [2.24, 2.45) is 0 Å². The van der Waals surface area contributed by atoms with Crippen molar-refractivity contribution in [2.45, 2.75) is 36.6 Å². The molecule has 4 rings (SSSR count). The number of esters is 1. The Bertz CT molecular complexity index is 1070. The van der Waals surface area contributed by atoms with Crippen LogP contribution >= 0.6 is 11.8 Å². The maximum atomic E-state index is 13.4. The van der Waals surface area contributed by atoms with Crippen molar-refractivity contribution in [3.63, 3.8) is 0 Å². The van der Waals surface area contributed by atoms with Gasteiger partial charge in [0.15, 0.2) is 5.16 Å². The van der Waals surface area contributed by atoms with E-state index in [1.807, 2.05) is 42.5 Å². The van der Waals surface area contributed by atoms with Crippen molar-refractivity contribution in [1.82, 2.24) is 9.55 Å². The molecule has 0 amide bonds. The smallest absolute Gasteiger partial charge is 0.319 e. The fourth-order valence-electron chi connectivity index (χ4n) is 3.29. The second-order valence-corrected chi connectivity index (χ2v) is 8.00. The third-order valence-corrected chi connectivity index (χ3v) is 5.88. The summed E-state index contributed by atoms with van der Waals surface area (Å²) in [4.78, 5) is 30.1. The Morgan fingerprint density at radius 3 is 2.59 bits per heavy atom. The molecule has 1 aliphatic heterocycles. The lowest BCUT2D eigenvalue weighted by Crippen LogP contribution is -2.24. The molecule has 1 atom stereocenters. The number of carbonyl (C=O) groups excluding carboxylic acids is 1. The van der Waals surface area contributed by atoms with Crippen molar-refractivity contribution >= 4 is 28.6 Å². The summed E-state index contributed by atoms with van der Waals surface area (Å²) >= 11 is 1.31. The summed E-state index contributed by atoms with van der Waals surface area (Å²) in [5.41, 5.74) is 2.38. The molecule has 3 aromatic rings. The van der Waals surface area contributed by atoms with Crippen molar-refractivity contribution < 1.29 is 9.53 Å². The molecule has 0 radical (unpaired) electrons. The summed E-state index contributed by atoms with van der Waals surface area (Å²) in [7, 11) is 0. The van der Waals surface area contributed by atoms with E-state index in [1.165, 1.54) is 11.8 Å². The Morgan fingerprint density at radius 2 is 1.85 bits per heavy atom. The van der Waals surface area contributed by atoms with Crippen LogP contribution in [-0.4, -0.2) is 27.4 Å². The molecule has 1 aromatic heterocycles. The van der Waals surface area contributed by atoms with Crippen LogP contribution in [0, 0.1) is 0 Å². The molecule has 1 fully saturated rings. The fourth-order valence-corrected chi connectivity index (χ4v) is 4.37. The zero-order valence-electron chi connectivity index (χ0n) is 15.2. The van der Waals surface area contributed by atoms with Crippen LogP contribution < -0.4 is 5.56 Å². The van der Waals surface area contributed by atoms with Crippen LogP contribution in [0.5, 0.6) is 0 Å². The second-order valence-electron chi connectivity index (χ2n) is 6.83. The number of cyclic esters (lactones) is 1. The van der Waals surface area contributed by atoms with Gasteiger partial charge in [0.1, 0.15) is 5.25 Å². The van der Waals surface area contributed by atoms with E-state index >= 15 is 0 Å². The number of carbonyl (C=O) groups is 1. The highest BCUT2D eigenvalue weighted by atomic mass is 32.2. The third-order valence-electron chi connectivity index (χ3n) is 4.68. The Hall–Kier alpha value is -2.60. The second kappa shape index (κ2) is 7.19. The number of para-hydroxylation sites is 2. The van der Waals surface area contributed by atoms with Gasteiger partial charge in [0.2, 0.25) is 0 Å². The number of rotatable bonds is 4. The van der Waals surface area contributed by atoms with Crippen LogP contribution in [0.2, 0.25) is 0 Å². The van der Waals surface area contributed by atoms with E-state index in [1.54, 1.807) is 10.6 Å². The molecule has 1 saturated heterocycles. The molecule has 0 saturated carbocycles. The van der Waals surface area contributed by atoms with Gasteiger partial charge in [-0.15, -0.1) is 0 Å². The number of hydrogen-bond acceptors (Lipinski definition) is 5. The summed E-state index contributed by atoms with van der Waals surface area (Å²) in [6.45, 7) is 4.61. The van der Waals surface area contributed by atoms with Gasteiger partial charge in [-0.05, 0) is 29.7 Å². The summed E-state index contributed by atoms with van der Waals surface area (Å²) in [5, 5.41) is 0.751. The topological polar surface area (TPSA) is 61.2 Å². The predicted octanol–water partition coefficient (Wildman–Crippen LogP) is 3.92. The number of nitrogens with zero attached hydrogens (tertiary/aromatic N) is 2. The van der Waals surface area contributed by atoms with Gasteiger partial charge < -0.3 is 4.74 Å². The molecule has 5 nitrogen and oxygen atoms in total. The maximum absolute atomic E-state index is 13.4. The number of ether oxygens (including phenoxy) is 1. The molecule has 2 aromatic carbocycles. The normalized spacial score (nSPS) is 16.9. The molecule has 0 aliphatic carbocycles. The Balaban J connectivity index is 1.97. The summed E-state index contributed by atoms with van der Waals surface area (Å²) in [5.74, 6) is -0.0000292. The van der Waals surface area contributed by atoms with Crippen LogP contribution in [0.25, 0.3) is 16.6 Å². The lowest BCUT2D eigenvalue weighted by Gasteiger charge is -2.18. The van der Waals surface area contributed by atoms with Crippen LogP contribution in [0.1, 0.15) is 31.7 Å². The zero-order valence-corrected chi connectivity index (χ0v) is 16.0. The molecule has 27 heavy (non-hydrogen) atoms. The summed E-state index contributed by atoms with van der Waals surface area (Å²) in [6, 6.07) is 15.2. The minimum atomic E-state index is -0.337. The molecule has 0 bridgehead atoms. The van der Waals surface area contributed by atoms with Crippen molar-refractivity contribution in [3.05, 3.63) is 64.4 Å². The number of fused-ring (bicyclic) bond motifs is 1. The first-order chi connectivity index (χ1) is 13.1. The Labute approximate surface area is 161 Å². The zero-order chi connectivity index (χ0) is 19.0. The molecule has 0 N–H and O–H groups in total. The van der Waals surface area contributed by atoms with Gasteiger partial charge in [-0.3, -0.25) is 14.2 Å².